The first kappa shape index (κ1) is 10.0. The molecule has 1 N–H and O–H groups in total. The van der Waals surface area contributed by atoms with Gasteiger partial charge >= 0.3 is 0 Å². The number of nitrogens with zero attached hydrogens (tertiary/aromatic N) is 2. The molecule has 0 saturated carbocycles. The Morgan fingerprint density at radius 3 is 2.73 bits per heavy atom. The number of aromatic nitrogens is 3. The fourth-order valence-corrected chi connectivity index (χ4v) is 1.40. The molecule has 2 aromatic heterocycles. The highest BCUT2D eigenvalue weighted by molar-refractivity contribution is 9.10. The molecule has 5 heteroatoms. The highest BCUT2D eigenvalue weighted by Gasteiger charge is 2.00. The van der Waals surface area contributed by atoms with Crippen LogP contribution in [0.25, 0.3) is 0 Å². The first-order valence-electron chi connectivity index (χ1n) is 4.38. The molecule has 0 spiro atoms. The molecule has 0 aromatic carbocycles. The third-order valence-electron chi connectivity index (χ3n) is 1.93. The summed E-state index contributed by atoms with van der Waals surface area (Å²) in [6.45, 7) is 0. The summed E-state index contributed by atoms with van der Waals surface area (Å²) in [7, 11) is 0. The van der Waals surface area contributed by atoms with E-state index in [-0.39, 0.29) is 5.56 Å². The summed E-state index contributed by atoms with van der Waals surface area (Å²) in [5, 5.41) is 0. The average molecular weight is 266 g/mol. The van der Waals surface area contributed by atoms with Crippen molar-refractivity contribution in [2.75, 3.05) is 0 Å². The molecule has 0 aliphatic heterocycles. The maximum absolute atomic E-state index is 11.3. The molecule has 0 saturated heterocycles. The van der Waals surface area contributed by atoms with Crippen LogP contribution in [0.5, 0.6) is 0 Å². The van der Waals surface area contributed by atoms with E-state index >= 15 is 0 Å². The van der Waals surface area contributed by atoms with Gasteiger partial charge in [0.25, 0.3) is 5.56 Å². The van der Waals surface area contributed by atoms with Crippen LogP contribution in [-0.2, 0) is 6.42 Å². The second-order valence-electron chi connectivity index (χ2n) is 3.04. The zero-order valence-corrected chi connectivity index (χ0v) is 9.36. The van der Waals surface area contributed by atoms with E-state index in [1.165, 1.54) is 6.20 Å². The van der Waals surface area contributed by atoms with Gasteiger partial charge in [-0.25, -0.2) is 4.98 Å². The predicted molar refractivity (Wildman–Crippen MR) is 59.6 cm³/mol. The van der Waals surface area contributed by atoms with Crippen LogP contribution in [0.3, 0.4) is 0 Å². The highest BCUT2D eigenvalue weighted by atomic mass is 79.9. The summed E-state index contributed by atoms with van der Waals surface area (Å²) >= 11 is 3.10. The molecule has 15 heavy (non-hydrogen) atoms. The Balaban J connectivity index is 2.26. The van der Waals surface area contributed by atoms with Crippen molar-refractivity contribution in [3.05, 3.63) is 56.9 Å². The molecule has 2 aromatic rings. The topological polar surface area (TPSA) is 58.6 Å². The Hall–Kier alpha value is -1.49. The SMILES string of the molecule is O=c1[nH]c(Cc2ccncc2)ncc1Br. The van der Waals surface area contributed by atoms with Crippen LogP contribution in [0, 0.1) is 0 Å². The number of nitrogens with one attached hydrogen (secondary N) is 1. The molecule has 0 unspecified atom stereocenters. The summed E-state index contributed by atoms with van der Waals surface area (Å²) in [5.74, 6) is 0.648. The summed E-state index contributed by atoms with van der Waals surface area (Å²) in [6, 6.07) is 3.78. The Morgan fingerprint density at radius 1 is 1.33 bits per heavy atom. The molecule has 0 atom stereocenters. The van der Waals surface area contributed by atoms with Crippen molar-refractivity contribution >= 4 is 15.9 Å². The number of halogens is 1. The van der Waals surface area contributed by atoms with Gasteiger partial charge in [-0.15, -0.1) is 0 Å². The standard InChI is InChI=1S/C10H8BrN3O/c11-8-6-13-9(14-10(8)15)5-7-1-3-12-4-2-7/h1-4,6H,5H2,(H,13,14,15). The second kappa shape index (κ2) is 4.35. The Morgan fingerprint density at radius 2 is 2.07 bits per heavy atom. The lowest BCUT2D eigenvalue weighted by atomic mass is 10.2. The van der Waals surface area contributed by atoms with E-state index in [0.717, 1.165) is 5.56 Å². The fraction of sp³-hybridized carbons (Fsp3) is 0.100. The molecule has 76 valence electrons. The molecule has 0 fully saturated rings. The monoisotopic (exact) mass is 265 g/mol. The number of rotatable bonds is 2. The van der Waals surface area contributed by atoms with Crippen LogP contribution < -0.4 is 5.56 Å². The molecule has 0 amide bonds. The first-order chi connectivity index (χ1) is 7.25. The van der Waals surface area contributed by atoms with Gasteiger partial charge in [0.15, 0.2) is 0 Å². The van der Waals surface area contributed by atoms with Crippen molar-refractivity contribution in [1.29, 1.82) is 0 Å². The van der Waals surface area contributed by atoms with Crippen molar-refractivity contribution < 1.29 is 0 Å². The predicted octanol–water partition coefficient (Wildman–Crippen LogP) is 1.52. The van der Waals surface area contributed by atoms with Crippen molar-refractivity contribution in [3.8, 4) is 0 Å². The largest absolute Gasteiger partial charge is 0.309 e. The van der Waals surface area contributed by atoms with Crippen LogP contribution in [0.1, 0.15) is 11.4 Å². The van der Waals surface area contributed by atoms with Gasteiger partial charge in [-0.1, -0.05) is 0 Å². The van der Waals surface area contributed by atoms with Gasteiger partial charge in [-0.2, -0.15) is 0 Å². The number of pyridine rings is 1. The quantitative estimate of drug-likeness (QED) is 0.896. The normalized spacial score (nSPS) is 10.2. The fourth-order valence-electron chi connectivity index (χ4n) is 1.20. The minimum atomic E-state index is -0.158. The van der Waals surface area contributed by atoms with Gasteiger partial charge < -0.3 is 4.98 Å². The van der Waals surface area contributed by atoms with Crippen molar-refractivity contribution in [1.82, 2.24) is 15.0 Å². The summed E-state index contributed by atoms with van der Waals surface area (Å²) in [4.78, 5) is 22.0. The molecular weight excluding hydrogens is 258 g/mol. The molecule has 2 heterocycles. The second-order valence-corrected chi connectivity index (χ2v) is 3.89. The van der Waals surface area contributed by atoms with E-state index < -0.39 is 0 Å². The summed E-state index contributed by atoms with van der Waals surface area (Å²) in [5.41, 5.74) is 0.907. The molecule has 0 radical (unpaired) electrons. The summed E-state index contributed by atoms with van der Waals surface area (Å²) in [6.07, 6.45) is 5.54. The molecule has 0 aliphatic rings. The van der Waals surface area contributed by atoms with Crippen LogP contribution in [-0.4, -0.2) is 15.0 Å². The minimum absolute atomic E-state index is 0.158. The van der Waals surface area contributed by atoms with Gasteiger partial charge in [0.1, 0.15) is 10.3 Å². The molecule has 0 aliphatic carbocycles. The van der Waals surface area contributed by atoms with Gasteiger partial charge in [-0.3, -0.25) is 9.78 Å². The number of hydrogen-bond donors (Lipinski definition) is 1. The lowest BCUT2D eigenvalue weighted by Crippen LogP contribution is -2.11. The van der Waals surface area contributed by atoms with Crippen LogP contribution in [0.15, 0.2) is 40.0 Å². The smallest absolute Gasteiger partial charge is 0.265 e. The van der Waals surface area contributed by atoms with Crippen LogP contribution >= 0.6 is 15.9 Å². The molecule has 0 bridgehead atoms. The number of aromatic amines is 1. The Kier molecular flexibility index (Phi) is 2.91. The molecule has 2 rings (SSSR count). The van der Waals surface area contributed by atoms with Gasteiger partial charge in [0.05, 0.1) is 0 Å². The first-order valence-corrected chi connectivity index (χ1v) is 5.17. The highest BCUT2D eigenvalue weighted by Crippen LogP contribution is 2.04. The summed E-state index contributed by atoms with van der Waals surface area (Å²) < 4.78 is 0.445. The average Bonchev–Trinajstić information content (AvgIpc) is 2.25. The molecular formula is C10H8BrN3O. The molecule has 4 nitrogen and oxygen atoms in total. The van der Waals surface area contributed by atoms with Crippen LogP contribution in [0.4, 0.5) is 0 Å². The number of H-pyrrole nitrogens is 1. The number of hydrogen-bond acceptors (Lipinski definition) is 3. The minimum Gasteiger partial charge on any atom is -0.309 e. The van der Waals surface area contributed by atoms with E-state index in [1.807, 2.05) is 12.1 Å². The Labute approximate surface area is 94.5 Å². The lowest BCUT2D eigenvalue weighted by Gasteiger charge is -2.00. The Bertz CT molecular complexity index is 510. The lowest BCUT2D eigenvalue weighted by molar-refractivity contribution is 0.935. The van der Waals surface area contributed by atoms with Crippen molar-refractivity contribution in [2.24, 2.45) is 0 Å². The zero-order chi connectivity index (χ0) is 10.7. The van der Waals surface area contributed by atoms with E-state index in [0.29, 0.717) is 16.7 Å². The van der Waals surface area contributed by atoms with E-state index in [2.05, 4.69) is 30.9 Å². The van der Waals surface area contributed by atoms with E-state index in [9.17, 15) is 4.79 Å². The maximum Gasteiger partial charge on any atom is 0.265 e. The van der Waals surface area contributed by atoms with E-state index in [4.69, 9.17) is 0 Å². The van der Waals surface area contributed by atoms with Gasteiger partial charge in [0.2, 0.25) is 0 Å². The maximum atomic E-state index is 11.3. The van der Waals surface area contributed by atoms with Gasteiger partial charge in [-0.05, 0) is 33.6 Å². The van der Waals surface area contributed by atoms with E-state index in [1.54, 1.807) is 12.4 Å². The third kappa shape index (κ3) is 2.50. The third-order valence-corrected chi connectivity index (χ3v) is 2.49. The van der Waals surface area contributed by atoms with Crippen LogP contribution in [0.2, 0.25) is 0 Å². The van der Waals surface area contributed by atoms with Crippen molar-refractivity contribution in [2.45, 2.75) is 6.42 Å². The van der Waals surface area contributed by atoms with Gasteiger partial charge in [0, 0.05) is 25.0 Å². The van der Waals surface area contributed by atoms with Crippen molar-refractivity contribution in [3.63, 3.8) is 0 Å². The zero-order valence-electron chi connectivity index (χ0n) is 7.77.